The summed E-state index contributed by atoms with van der Waals surface area (Å²) in [7, 11) is 0. The third kappa shape index (κ3) is 5.45. The highest BCUT2D eigenvalue weighted by Gasteiger charge is 2.34. The number of rotatable bonds is 7. The van der Waals surface area contributed by atoms with Crippen LogP contribution in [0.4, 0.5) is 5.69 Å². The van der Waals surface area contributed by atoms with Crippen molar-refractivity contribution in [1.82, 2.24) is 10.2 Å². The molecular weight excluding hydrogens is 362 g/mol. The highest BCUT2D eigenvalue weighted by Crippen LogP contribution is 2.26. The van der Waals surface area contributed by atoms with Crippen LogP contribution in [0.25, 0.3) is 0 Å². The fourth-order valence-electron chi connectivity index (χ4n) is 3.74. The number of benzene rings is 2. The van der Waals surface area contributed by atoms with E-state index in [1.807, 2.05) is 56.3 Å². The van der Waals surface area contributed by atoms with Gasteiger partial charge in [0.15, 0.2) is 0 Å². The van der Waals surface area contributed by atoms with Crippen molar-refractivity contribution in [2.45, 2.75) is 52.7 Å². The van der Waals surface area contributed by atoms with E-state index >= 15 is 0 Å². The van der Waals surface area contributed by atoms with E-state index in [1.54, 1.807) is 4.90 Å². The zero-order valence-electron chi connectivity index (χ0n) is 17.6. The van der Waals surface area contributed by atoms with Crippen LogP contribution in [0.3, 0.4) is 0 Å². The third-order valence-corrected chi connectivity index (χ3v) is 5.23. The van der Waals surface area contributed by atoms with Crippen LogP contribution in [0.15, 0.2) is 48.5 Å². The van der Waals surface area contributed by atoms with Crippen LogP contribution < -0.4 is 10.6 Å². The largest absolute Gasteiger partial charge is 0.326 e. The molecule has 154 valence electrons. The summed E-state index contributed by atoms with van der Waals surface area (Å²) in [6, 6.07) is 15.4. The fourth-order valence-corrected chi connectivity index (χ4v) is 3.74. The first-order valence-electron chi connectivity index (χ1n) is 10.4. The molecule has 2 aromatic rings. The predicted molar refractivity (Wildman–Crippen MR) is 116 cm³/mol. The van der Waals surface area contributed by atoms with E-state index in [0.29, 0.717) is 19.4 Å². The smallest absolute Gasteiger partial charge is 0.247 e. The number of carbonyl (C=O) groups excluding carboxylic acids is 2. The van der Waals surface area contributed by atoms with E-state index in [-0.39, 0.29) is 17.7 Å². The van der Waals surface area contributed by atoms with E-state index in [2.05, 4.69) is 23.6 Å². The Kier molecular flexibility index (Phi) is 7.04. The Morgan fingerprint density at radius 1 is 1.10 bits per heavy atom. The Morgan fingerprint density at radius 2 is 1.86 bits per heavy atom. The van der Waals surface area contributed by atoms with Gasteiger partial charge in [-0.25, -0.2) is 0 Å². The van der Waals surface area contributed by atoms with Gasteiger partial charge in [0.2, 0.25) is 11.8 Å². The van der Waals surface area contributed by atoms with Gasteiger partial charge in [-0.3, -0.25) is 9.59 Å². The van der Waals surface area contributed by atoms with Crippen molar-refractivity contribution in [3.05, 3.63) is 65.2 Å². The summed E-state index contributed by atoms with van der Waals surface area (Å²) in [6.45, 7) is 8.26. The number of nitrogens with zero attached hydrogens (tertiary/aromatic N) is 1. The Labute approximate surface area is 173 Å². The zero-order valence-corrected chi connectivity index (χ0v) is 17.6. The van der Waals surface area contributed by atoms with Crippen molar-refractivity contribution in [3.8, 4) is 0 Å². The Balaban J connectivity index is 1.79. The molecule has 0 aromatic heterocycles. The van der Waals surface area contributed by atoms with Gasteiger partial charge in [0.1, 0.15) is 6.04 Å². The van der Waals surface area contributed by atoms with Crippen LogP contribution in [0, 0.1) is 5.92 Å². The summed E-state index contributed by atoms with van der Waals surface area (Å²) < 4.78 is 0. The molecule has 5 nitrogen and oxygen atoms in total. The van der Waals surface area contributed by atoms with Gasteiger partial charge in [-0.05, 0) is 41.3 Å². The van der Waals surface area contributed by atoms with E-state index in [9.17, 15) is 9.59 Å². The Morgan fingerprint density at radius 3 is 2.59 bits per heavy atom. The summed E-state index contributed by atoms with van der Waals surface area (Å²) in [5, 5.41) is 6.33. The lowest BCUT2D eigenvalue weighted by molar-refractivity contribution is -0.140. The second kappa shape index (κ2) is 9.70. The van der Waals surface area contributed by atoms with Crippen LogP contribution >= 0.6 is 0 Å². The molecule has 2 N–H and O–H groups in total. The number of anilines is 1. The van der Waals surface area contributed by atoms with Crippen molar-refractivity contribution in [2.24, 2.45) is 5.92 Å². The average Bonchev–Trinajstić information content (AvgIpc) is 2.71. The fraction of sp³-hybridized carbons (Fsp3) is 0.417. The summed E-state index contributed by atoms with van der Waals surface area (Å²) in [5.41, 5.74) is 4.15. The second-order valence-electron chi connectivity index (χ2n) is 8.08. The van der Waals surface area contributed by atoms with Gasteiger partial charge in [0, 0.05) is 31.6 Å². The highest BCUT2D eigenvalue weighted by atomic mass is 16.2. The minimum Gasteiger partial charge on any atom is -0.326 e. The maximum absolute atomic E-state index is 13.2. The Hall–Kier alpha value is -2.66. The van der Waals surface area contributed by atoms with Gasteiger partial charge in [0.05, 0.1) is 0 Å². The van der Waals surface area contributed by atoms with Gasteiger partial charge < -0.3 is 15.5 Å². The third-order valence-electron chi connectivity index (χ3n) is 5.23. The van der Waals surface area contributed by atoms with Crippen molar-refractivity contribution in [3.63, 3.8) is 0 Å². The van der Waals surface area contributed by atoms with Crippen molar-refractivity contribution < 1.29 is 9.59 Å². The average molecular weight is 394 g/mol. The topological polar surface area (TPSA) is 61.4 Å². The van der Waals surface area contributed by atoms with Crippen molar-refractivity contribution >= 4 is 17.5 Å². The first-order valence-corrected chi connectivity index (χ1v) is 10.4. The molecule has 2 aromatic carbocycles. The van der Waals surface area contributed by atoms with Gasteiger partial charge in [-0.15, -0.1) is 0 Å². The van der Waals surface area contributed by atoms with Crippen molar-refractivity contribution in [1.29, 1.82) is 0 Å². The van der Waals surface area contributed by atoms with Crippen LogP contribution in [-0.4, -0.2) is 29.3 Å². The minimum absolute atomic E-state index is 0.0375. The van der Waals surface area contributed by atoms with Crippen LogP contribution in [0.1, 0.15) is 43.9 Å². The molecule has 0 saturated carbocycles. The monoisotopic (exact) mass is 393 g/mol. The number of amides is 2. The predicted octanol–water partition coefficient (Wildman–Crippen LogP) is 3.73. The SMILES string of the molecule is CCNCc1cccc(NC(=O)C2Cc3ccccc3CN2C(=O)CC(C)C)c1. The lowest BCUT2D eigenvalue weighted by Crippen LogP contribution is -2.50. The normalized spacial score (nSPS) is 15.9. The lowest BCUT2D eigenvalue weighted by Gasteiger charge is -2.36. The molecular formula is C24H31N3O2. The number of hydrogen-bond donors (Lipinski definition) is 2. The molecule has 0 spiro atoms. The summed E-state index contributed by atoms with van der Waals surface area (Å²) in [5.74, 6) is 0.166. The summed E-state index contributed by atoms with van der Waals surface area (Å²) in [4.78, 5) is 27.8. The molecule has 2 amide bonds. The first kappa shape index (κ1) is 21.1. The number of carbonyl (C=O) groups is 2. The molecule has 1 unspecified atom stereocenters. The first-order chi connectivity index (χ1) is 14.0. The van der Waals surface area contributed by atoms with Crippen molar-refractivity contribution in [2.75, 3.05) is 11.9 Å². The van der Waals surface area contributed by atoms with E-state index in [4.69, 9.17) is 0 Å². The summed E-state index contributed by atoms with van der Waals surface area (Å²) >= 11 is 0. The number of hydrogen-bond acceptors (Lipinski definition) is 3. The van der Waals surface area contributed by atoms with Crippen LogP contribution in [0.2, 0.25) is 0 Å². The molecule has 29 heavy (non-hydrogen) atoms. The molecule has 1 aliphatic heterocycles. The summed E-state index contributed by atoms with van der Waals surface area (Å²) in [6.07, 6.45) is 0.993. The van der Waals surface area contributed by atoms with Gasteiger partial charge in [-0.2, -0.15) is 0 Å². The highest BCUT2D eigenvalue weighted by molar-refractivity contribution is 5.97. The molecule has 1 atom stereocenters. The molecule has 1 aliphatic rings. The molecule has 0 fully saturated rings. The maximum atomic E-state index is 13.2. The standard InChI is InChI=1S/C24H31N3O2/c1-4-25-15-18-8-7-11-21(13-18)26-24(29)22-14-19-9-5-6-10-20(19)16-27(22)23(28)12-17(2)3/h5-11,13,17,22,25H,4,12,14-16H2,1-3H3,(H,26,29). The molecule has 1 heterocycles. The minimum atomic E-state index is -0.492. The van der Waals surface area contributed by atoms with E-state index in [1.165, 1.54) is 0 Å². The Bertz CT molecular complexity index is 863. The number of fused-ring (bicyclic) bond motifs is 1. The molecule has 0 radical (unpaired) electrons. The van der Waals surface area contributed by atoms with E-state index < -0.39 is 6.04 Å². The molecule has 5 heteroatoms. The quantitative estimate of drug-likeness (QED) is 0.753. The molecule has 0 bridgehead atoms. The molecule has 0 aliphatic carbocycles. The van der Waals surface area contributed by atoms with Gasteiger partial charge in [0.25, 0.3) is 0 Å². The van der Waals surface area contributed by atoms with Gasteiger partial charge >= 0.3 is 0 Å². The zero-order chi connectivity index (χ0) is 20.8. The second-order valence-corrected chi connectivity index (χ2v) is 8.08. The van der Waals surface area contributed by atoms with Crippen LogP contribution in [-0.2, 0) is 29.1 Å². The maximum Gasteiger partial charge on any atom is 0.247 e. The van der Waals surface area contributed by atoms with Gasteiger partial charge in [-0.1, -0.05) is 57.2 Å². The number of nitrogens with one attached hydrogen (secondary N) is 2. The van der Waals surface area contributed by atoms with Crippen LogP contribution in [0.5, 0.6) is 0 Å². The van der Waals surface area contributed by atoms with E-state index in [0.717, 1.165) is 35.5 Å². The lowest BCUT2D eigenvalue weighted by atomic mass is 9.92. The molecule has 3 rings (SSSR count). The molecule has 0 saturated heterocycles.